The van der Waals surface area contributed by atoms with Crippen LogP contribution in [0.5, 0.6) is 0 Å². The minimum atomic E-state index is 0.702. The highest BCUT2D eigenvalue weighted by molar-refractivity contribution is 9.09. The first-order valence-electron chi connectivity index (χ1n) is 5.53. The van der Waals surface area contributed by atoms with Gasteiger partial charge in [0.25, 0.3) is 0 Å². The molecule has 0 fully saturated rings. The lowest BCUT2D eigenvalue weighted by Crippen LogP contribution is -1.95. The van der Waals surface area contributed by atoms with Crippen LogP contribution in [0.15, 0.2) is 42.5 Å². The van der Waals surface area contributed by atoms with Crippen molar-refractivity contribution < 1.29 is 0 Å². The van der Waals surface area contributed by atoms with Crippen molar-refractivity contribution in [2.24, 2.45) is 0 Å². The monoisotopic (exact) mass is 363 g/mol. The van der Waals surface area contributed by atoms with Gasteiger partial charge in [-0.2, -0.15) is 5.26 Å². The fourth-order valence-corrected chi connectivity index (χ4v) is 3.11. The Kier molecular flexibility index (Phi) is 4.57. The number of benzene rings is 2. The molecule has 18 heavy (non-hydrogen) atoms. The molecule has 0 radical (unpaired) electrons. The molecule has 0 aliphatic rings. The number of hydrogen-bond acceptors (Lipinski definition) is 1. The van der Waals surface area contributed by atoms with E-state index in [1.807, 2.05) is 30.3 Å². The molecule has 3 heteroatoms. The van der Waals surface area contributed by atoms with E-state index in [1.54, 1.807) is 0 Å². The van der Waals surface area contributed by atoms with Gasteiger partial charge in [0, 0.05) is 10.7 Å². The van der Waals surface area contributed by atoms with Crippen LogP contribution in [0.1, 0.15) is 16.7 Å². The van der Waals surface area contributed by atoms with Gasteiger partial charge in [0.1, 0.15) is 0 Å². The number of nitriles is 1. The number of nitrogens with zero attached hydrogens (tertiary/aromatic N) is 1. The fourth-order valence-electron chi connectivity index (χ4n) is 1.95. The molecule has 0 heterocycles. The van der Waals surface area contributed by atoms with Gasteiger partial charge in [-0.05, 0) is 34.4 Å². The van der Waals surface area contributed by atoms with Crippen molar-refractivity contribution in [1.29, 1.82) is 5.26 Å². The van der Waals surface area contributed by atoms with Gasteiger partial charge in [0.05, 0.1) is 11.6 Å². The van der Waals surface area contributed by atoms with Crippen LogP contribution in [0.25, 0.3) is 11.1 Å². The molecule has 90 valence electrons. The predicted octanol–water partition coefficient (Wildman–Crippen LogP) is 5.02. The number of halogens is 2. The highest BCUT2D eigenvalue weighted by Gasteiger charge is 2.10. The predicted molar refractivity (Wildman–Crippen MR) is 81.9 cm³/mol. The molecule has 2 aromatic rings. The summed E-state index contributed by atoms with van der Waals surface area (Å²) in [7, 11) is 0. The quantitative estimate of drug-likeness (QED) is 0.702. The van der Waals surface area contributed by atoms with Crippen molar-refractivity contribution >= 4 is 31.9 Å². The van der Waals surface area contributed by atoms with Gasteiger partial charge in [-0.3, -0.25) is 0 Å². The summed E-state index contributed by atoms with van der Waals surface area (Å²) in [5, 5.41) is 10.7. The third-order valence-electron chi connectivity index (χ3n) is 2.83. The third-order valence-corrected chi connectivity index (χ3v) is 4.00. The first kappa shape index (κ1) is 13.3. The second-order valence-electron chi connectivity index (χ2n) is 3.91. The zero-order valence-electron chi connectivity index (χ0n) is 9.66. The van der Waals surface area contributed by atoms with Crippen molar-refractivity contribution in [3.05, 3.63) is 59.2 Å². The maximum atomic E-state index is 9.12. The Morgan fingerprint density at radius 1 is 1.00 bits per heavy atom. The van der Waals surface area contributed by atoms with E-state index < -0.39 is 0 Å². The number of rotatable bonds is 3. The highest BCUT2D eigenvalue weighted by Crippen LogP contribution is 2.30. The van der Waals surface area contributed by atoms with E-state index in [1.165, 1.54) is 5.56 Å². The first-order chi connectivity index (χ1) is 8.80. The van der Waals surface area contributed by atoms with E-state index in [2.05, 4.69) is 50.1 Å². The molecular weight excluding hydrogens is 354 g/mol. The molecule has 0 aliphatic carbocycles. The molecule has 2 aromatic carbocycles. The van der Waals surface area contributed by atoms with Crippen LogP contribution in [-0.2, 0) is 10.7 Å². The molecule has 0 saturated heterocycles. The minimum absolute atomic E-state index is 0.702. The normalized spacial score (nSPS) is 10.1. The largest absolute Gasteiger partial charge is 0.192 e. The molecule has 0 atom stereocenters. The maximum Gasteiger partial charge on any atom is 0.0991 e. The fraction of sp³-hybridized carbons (Fsp3) is 0.133. The van der Waals surface area contributed by atoms with E-state index in [0.29, 0.717) is 5.56 Å². The average Bonchev–Trinajstić information content (AvgIpc) is 2.46. The Morgan fingerprint density at radius 2 is 1.72 bits per heavy atom. The van der Waals surface area contributed by atoms with Gasteiger partial charge in [0.15, 0.2) is 0 Å². The molecule has 0 bridgehead atoms. The van der Waals surface area contributed by atoms with Crippen LogP contribution < -0.4 is 0 Å². The molecule has 2 rings (SSSR count). The van der Waals surface area contributed by atoms with Gasteiger partial charge in [-0.1, -0.05) is 62.2 Å². The molecule has 0 unspecified atom stereocenters. The summed E-state index contributed by atoms with van der Waals surface area (Å²) in [6, 6.07) is 16.3. The Balaban J connectivity index is 2.69. The smallest absolute Gasteiger partial charge is 0.0991 e. The topological polar surface area (TPSA) is 23.8 Å². The zero-order valence-corrected chi connectivity index (χ0v) is 12.8. The summed E-state index contributed by atoms with van der Waals surface area (Å²) in [4.78, 5) is 0. The van der Waals surface area contributed by atoms with Crippen LogP contribution in [0, 0.1) is 11.3 Å². The Morgan fingerprint density at radius 3 is 2.28 bits per heavy atom. The van der Waals surface area contributed by atoms with Gasteiger partial charge >= 0.3 is 0 Å². The highest BCUT2D eigenvalue weighted by atomic mass is 79.9. The first-order valence-corrected chi connectivity index (χ1v) is 7.77. The van der Waals surface area contributed by atoms with Crippen molar-refractivity contribution in [2.45, 2.75) is 10.7 Å². The summed E-state index contributed by atoms with van der Waals surface area (Å²) in [5.41, 5.74) is 5.36. The molecular formula is C15H11Br2N. The van der Waals surface area contributed by atoms with Crippen LogP contribution in [-0.4, -0.2) is 0 Å². The lowest BCUT2D eigenvalue weighted by molar-refractivity contribution is 1.29. The molecule has 0 saturated carbocycles. The standard InChI is InChI=1S/C15H11Br2N/c16-8-13-6-11(10-18)7-14(15(13)9-17)12-4-2-1-3-5-12/h1-7H,8-9H2. The maximum absolute atomic E-state index is 9.12. The van der Waals surface area contributed by atoms with Gasteiger partial charge < -0.3 is 0 Å². The van der Waals surface area contributed by atoms with Crippen molar-refractivity contribution in [1.82, 2.24) is 0 Å². The van der Waals surface area contributed by atoms with Gasteiger partial charge in [0.2, 0.25) is 0 Å². The SMILES string of the molecule is N#Cc1cc(CBr)c(CBr)c(-c2ccccc2)c1. The Hall–Kier alpha value is -1.11. The van der Waals surface area contributed by atoms with Crippen molar-refractivity contribution in [2.75, 3.05) is 0 Å². The summed E-state index contributed by atoms with van der Waals surface area (Å²) >= 11 is 7.03. The summed E-state index contributed by atoms with van der Waals surface area (Å²) in [6.45, 7) is 0. The lowest BCUT2D eigenvalue weighted by Gasteiger charge is -2.12. The molecule has 1 nitrogen and oxygen atoms in total. The molecule has 0 N–H and O–H groups in total. The van der Waals surface area contributed by atoms with Crippen LogP contribution in [0.3, 0.4) is 0 Å². The second-order valence-corrected chi connectivity index (χ2v) is 5.03. The molecule has 0 aliphatic heterocycles. The van der Waals surface area contributed by atoms with Crippen LogP contribution >= 0.6 is 31.9 Å². The average molecular weight is 365 g/mol. The molecule has 0 aromatic heterocycles. The second kappa shape index (κ2) is 6.17. The Labute approximate surface area is 124 Å². The third kappa shape index (κ3) is 2.66. The van der Waals surface area contributed by atoms with E-state index in [-0.39, 0.29) is 0 Å². The van der Waals surface area contributed by atoms with Crippen LogP contribution in [0.4, 0.5) is 0 Å². The Bertz CT molecular complexity index is 585. The number of hydrogen-bond donors (Lipinski definition) is 0. The van der Waals surface area contributed by atoms with Gasteiger partial charge in [-0.15, -0.1) is 0 Å². The number of alkyl halides is 2. The van der Waals surface area contributed by atoms with Crippen molar-refractivity contribution in [3.63, 3.8) is 0 Å². The van der Waals surface area contributed by atoms with Crippen LogP contribution in [0.2, 0.25) is 0 Å². The van der Waals surface area contributed by atoms with E-state index >= 15 is 0 Å². The summed E-state index contributed by atoms with van der Waals surface area (Å²) < 4.78 is 0. The zero-order chi connectivity index (χ0) is 13.0. The van der Waals surface area contributed by atoms with Crippen molar-refractivity contribution in [3.8, 4) is 17.2 Å². The van der Waals surface area contributed by atoms with Gasteiger partial charge in [-0.25, -0.2) is 0 Å². The lowest BCUT2D eigenvalue weighted by atomic mass is 9.95. The van der Waals surface area contributed by atoms with E-state index in [9.17, 15) is 0 Å². The summed E-state index contributed by atoms with van der Waals surface area (Å²) in [6.07, 6.45) is 0. The van der Waals surface area contributed by atoms with E-state index in [0.717, 1.165) is 27.4 Å². The molecule has 0 amide bonds. The minimum Gasteiger partial charge on any atom is -0.192 e. The molecule has 0 spiro atoms. The summed E-state index contributed by atoms with van der Waals surface area (Å²) in [5.74, 6) is 0. The van der Waals surface area contributed by atoms with E-state index in [4.69, 9.17) is 5.26 Å².